The second kappa shape index (κ2) is 6.85. The van der Waals surface area contributed by atoms with Crippen molar-refractivity contribution in [1.29, 1.82) is 0 Å². The monoisotopic (exact) mass is 253 g/mol. The highest BCUT2D eigenvalue weighted by Crippen LogP contribution is 1.89. The third-order valence-electron chi connectivity index (χ3n) is 1.29. The van der Waals surface area contributed by atoms with E-state index in [1.165, 1.54) is 7.11 Å². The summed E-state index contributed by atoms with van der Waals surface area (Å²) in [5.41, 5.74) is 0. The van der Waals surface area contributed by atoms with Gasteiger partial charge in [0, 0.05) is 11.8 Å². The number of esters is 1. The molecule has 0 fully saturated rings. The number of rotatable bonds is 5. The van der Waals surface area contributed by atoms with Crippen LogP contribution in [0.2, 0.25) is 0 Å². The molecule has 0 aromatic heterocycles. The molecule has 6 heteroatoms. The molecular weight excluding hydrogens is 242 g/mol. The van der Waals surface area contributed by atoms with Crippen molar-refractivity contribution < 1.29 is 19.4 Å². The van der Waals surface area contributed by atoms with Gasteiger partial charge in [-0.1, -0.05) is 15.9 Å². The highest BCUT2D eigenvalue weighted by atomic mass is 79.9. The van der Waals surface area contributed by atoms with E-state index in [0.29, 0.717) is 11.8 Å². The Bertz CT molecular complexity index is 185. The van der Waals surface area contributed by atoms with E-state index in [2.05, 4.69) is 26.0 Å². The minimum absolute atomic E-state index is 0.113. The number of aliphatic hydroxyl groups excluding tert-OH is 1. The highest BCUT2D eigenvalue weighted by molar-refractivity contribution is 9.09. The first-order valence-corrected chi connectivity index (χ1v) is 4.82. The number of halogens is 1. The van der Waals surface area contributed by atoms with Crippen LogP contribution in [0.4, 0.5) is 0 Å². The number of alkyl halides is 1. The van der Waals surface area contributed by atoms with Gasteiger partial charge in [-0.05, 0) is 0 Å². The number of nitrogens with one attached hydrogen (secondary N) is 1. The van der Waals surface area contributed by atoms with Crippen molar-refractivity contribution in [1.82, 2.24) is 5.32 Å². The fourth-order valence-corrected chi connectivity index (χ4v) is 0.964. The predicted molar refractivity (Wildman–Crippen MR) is 49.4 cm³/mol. The molecule has 76 valence electrons. The van der Waals surface area contributed by atoms with Gasteiger partial charge >= 0.3 is 5.97 Å². The van der Waals surface area contributed by atoms with Gasteiger partial charge in [-0.15, -0.1) is 0 Å². The van der Waals surface area contributed by atoms with Crippen molar-refractivity contribution in [2.45, 2.75) is 12.5 Å². The third kappa shape index (κ3) is 5.59. The number of hydrogen-bond donors (Lipinski definition) is 2. The Kier molecular flexibility index (Phi) is 6.52. The average Bonchev–Trinajstić information content (AvgIpc) is 2.13. The topological polar surface area (TPSA) is 75.6 Å². The third-order valence-corrected chi connectivity index (χ3v) is 1.68. The summed E-state index contributed by atoms with van der Waals surface area (Å²) in [7, 11) is 1.17. The molecule has 1 atom stereocenters. The van der Waals surface area contributed by atoms with Crippen LogP contribution in [-0.4, -0.2) is 42.1 Å². The van der Waals surface area contributed by atoms with E-state index in [1.807, 2.05) is 0 Å². The lowest BCUT2D eigenvalue weighted by Crippen LogP contribution is -2.37. The molecule has 0 saturated heterocycles. The fourth-order valence-electron chi connectivity index (χ4n) is 0.604. The highest BCUT2D eigenvalue weighted by Gasteiger charge is 2.15. The smallest absolute Gasteiger partial charge is 0.336 e. The lowest BCUT2D eigenvalue weighted by molar-refractivity contribution is -0.150. The van der Waals surface area contributed by atoms with Gasteiger partial charge in [0.25, 0.3) is 0 Å². The first kappa shape index (κ1) is 12.4. The summed E-state index contributed by atoms with van der Waals surface area (Å²) in [5, 5.41) is 12.0. The van der Waals surface area contributed by atoms with Gasteiger partial charge < -0.3 is 15.2 Å². The normalized spacial score (nSPS) is 11.9. The lowest BCUT2D eigenvalue weighted by atomic mass is 10.3. The number of amides is 1. The number of carbonyl (C=O) groups excluding carboxylic acids is 2. The molecule has 13 heavy (non-hydrogen) atoms. The summed E-state index contributed by atoms with van der Waals surface area (Å²) in [6, 6.07) is 0. The molecule has 5 nitrogen and oxygen atoms in total. The first-order chi connectivity index (χ1) is 6.11. The van der Waals surface area contributed by atoms with Crippen LogP contribution >= 0.6 is 15.9 Å². The van der Waals surface area contributed by atoms with Crippen molar-refractivity contribution in [2.75, 3.05) is 19.0 Å². The van der Waals surface area contributed by atoms with Gasteiger partial charge in [0.1, 0.15) is 0 Å². The summed E-state index contributed by atoms with van der Waals surface area (Å²) < 4.78 is 4.25. The van der Waals surface area contributed by atoms with Crippen LogP contribution in [0, 0.1) is 0 Å². The molecule has 0 aliphatic carbocycles. The summed E-state index contributed by atoms with van der Waals surface area (Å²) in [6.45, 7) is -0.113. The Morgan fingerprint density at radius 3 is 2.69 bits per heavy atom. The summed E-state index contributed by atoms with van der Waals surface area (Å²) >= 11 is 3.08. The van der Waals surface area contributed by atoms with E-state index in [0.717, 1.165) is 0 Å². The van der Waals surface area contributed by atoms with E-state index in [-0.39, 0.29) is 12.5 Å². The number of hydrogen-bond acceptors (Lipinski definition) is 4. The van der Waals surface area contributed by atoms with Gasteiger partial charge in [-0.3, -0.25) is 4.79 Å². The zero-order valence-corrected chi connectivity index (χ0v) is 8.83. The SMILES string of the molecule is COC(=O)C(O)CNC(=O)CCBr. The molecule has 0 aromatic rings. The second-order valence-corrected chi connectivity index (χ2v) is 3.08. The zero-order chi connectivity index (χ0) is 10.3. The molecule has 1 unspecified atom stereocenters. The van der Waals surface area contributed by atoms with Gasteiger partial charge in [0.05, 0.1) is 13.7 Å². The summed E-state index contributed by atoms with van der Waals surface area (Å²) in [4.78, 5) is 21.5. The molecule has 0 saturated carbocycles. The fraction of sp³-hybridized carbons (Fsp3) is 0.714. The molecule has 1 amide bonds. The van der Waals surface area contributed by atoms with Crippen LogP contribution in [0.25, 0.3) is 0 Å². The van der Waals surface area contributed by atoms with Crippen LogP contribution in [0.1, 0.15) is 6.42 Å². The van der Waals surface area contributed by atoms with E-state index in [4.69, 9.17) is 5.11 Å². The summed E-state index contributed by atoms with van der Waals surface area (Å²) in [5.74, 6) is -0.973. The van der Waals surface area contributed by atoms with Crippen molar-refractivity contribution in [3.8, 4) is 0 Å². The van der Waals surface area contributed by atoms with E-state index in [1.54, 1.807) is 0 Å². The molecular formula is C7H12BrNO4. The summed E-state index contributed by atoms with van der Waals surface area (Å²) in [6.07, 6.45) is -0.974. The molecule has 0 rings (SSSR count). The van der Waals surface area contributed by atoms with Crippen LogP contribution in [0.15, 0.2) is 0 Å². The Labute approximate surface area is 84.6 Å². The molecule has 0 aromatic carbocycles. The van der Waals surface area contributed by atoms with Crippen molar-refractivity contribution >= 4 is 27.8 Å². The molecule has 0 heterocycles. The second-order valence-electron chi connectivity index (χ2n) is 2.28. The van der Waals surface area contributed by atoms with Crippen molar-refractivity contribution in [3.63, 3.8) is 0 Å². The van der Waals surface area contributed by atoms with Gasteiger partial charge in [0.15, 0.2) is 6.10 Å². The molecule has 0 aliphatic heterocycles. The number of aliphatic hydroxyl groups is 1. The van der Waals surface area contributed by atoms with E-state index < -0.39 is 12.1 Å². The van der Waals surface area contributed by atoms with Crippen LogP contribution in [-0.2, 0) is 14.3 Å². The maximum absolute atomic E-state index is 10.9. The van der Waals surface area contributed by atoms with Crippen molar-refractivity contribution in [2.24, 2.45) is 0 Å². The van der Waals surface area contributed by atoms with Gasteiger partial charge in [0.2, 0.25) is 5.91 Å². The maximum Gasteiger partial charge on any atom is 0.336 e. The first-order valence-electron chi connectivity index (χ1n) is 3.70. The number of carbonyl (C=O) groups is 2. The Morgan fingerprint density at radius 2 is 2.23 bits per heavy atom. The number of ether oxygens (including phenoxy) is 1. The Hall–Kier alpha value is -0.620. The zero-order valence-electron chi connectivity index (χ0n) is 7.25. The molecule has 0 spiro atoms. The molecule has 0 bridgehead atoms. The van der Waals surface area contributed by atoms with Gasteiger partial charge in [-0.25, -0.2) is 4.79 Å². The minimum atomic E-state index is -1.29. The maximum atomic E-state index is 10.9. The number of methoxy groups -OCH3 is 1. The standard InChI is InChI=1S/C7H12BrNO4/c1-13-7(12)5(10)4-9-6(11)2-3-8/h5,10H,2-4H2,1H3,(H,9,11). The average molecular weight is 254 g/mol. The quantitative estimate of drug-likeness (QED) is 0.508. The largest absolute Gasteiger partial charge is 0.467 e. The van der Waals surface area contributed by atoms with Crippen molar-refractivity contribution in [3.05, 3.63) is 0 Å². The Morgan fingerprint density at radius 1 is 1.62 bits per heavy atom. The molecule has 0 aliphatic rings. The minimum Gasteiger partial charge on any atom is -0.467 e. The Balaban J connectivity index is 3.63. The molecule has 2 N–H and O–H groups in total. The predicted octanol–water partition coefficient (Wildman–Crippen LogP) is -0.579. The van der Waals surface area contributed by atoms with Crippen LogP contribution in [0.5, 0.6) is 0 Å². The van der Waals surface area contributed by atoms with E-state index in [9.17, 15) is 9.59 Å². The van der Waals surface area contributed by atoms with Crippen LogP contribution in [0.3, 0.4) is 0 Å². The van der Waals surface area contributed by atoms with Gasteiger partial charge in [-0.2, -0.15) is 0 Å². The van der Waals surface area contributed by atoms with E-state index >= 15 is 0 Å². The van der Waals surface area contributed by atoms with Crippen LogP contribution < -0.4 is 5.32 Å². The molecule has 0 radical (unpaired) electrons. The lowest BCUT2D eigenvalue weighted by Gasteiger charge is -2.08.